The summed E-state index contributed by atoms with van der Waals surface area (Å²) in [4.78, 5) is 26.7. The summed E-state index contributed by atoms with van der Waals surface area (Å²) in [5, 5.41) is 9.21. The maximum Gasteiger partial charge on any atom is 0.306 e. The summed E-state index contributed by atoms with van der Waals surface area (Å²) in [7, 11) is 1.67. The minimum atomic E-state index is -0.722. The van der Waals surface area contributed by atoms with Crippen molar-refractivity contribution in [3.05, 3.63) is 30.6 Å². The van der Waals surface area contributed by atoms with E-state index in [0.29, 0.717) is 37.4 Å². The highest BCUT2D eigenvalue weighted by atomic mass is 16.5. The van der Waals surface area contributed by atoms with Gasteiger partial charge in [0.15, 0.2) is 11.6 Å². The number of benzene rings is 1. The Balaban J connectivity index is 1.41. The minimum Gasteiger partial charge on any atom is -0.497 e. The molecule has 2 aliphatic heterocycles. The largest absolute Gasteiger partial charge is 0.497 e. The highest BCUT2D eigenvalue weighted by molar-refractivity contribution is 5.76. The first-order valence-corrected chi connectivity index (χ1v) is 10.3. The van der Waals surface area contributed by atoms with E-state index in [9.17, 15) is 9.90 Å². The van der Waals surface area contributed by atoms with Crippen LogP contribution in [-0.4, -0.2) is 67.4 Å². The number of piperazine rings is 1. The highest BCUT2D eigenvalue weighted by Crippen LogP contribution is 2.32. The van der Waals surface area contributed by atoms with Crippen LogP contribution < -0.4 is 25.2 Å². The van der Waals surface area contributed by atoms with Crippen LogP contribution in [0.25, 0.3) is 0 Å². The van der Waals surface area contributed by atoms with Gasteiger partial charge in [-0.15, -0.1) is 0 Å². The van der Waals surface area contributed by atoms with Gasteiger partial charge in [-0.2, -0.15) is 0 Å². The van der Waals surface area contributed by atoms with Gasteiger partial charge in [0.05, 0.1) is 13.0 Å². The molecule has 0 radical (unpaired) electrons. The molecule has 0 unspecified atom stereocenters. The molecule has 0 spiro atoms. The monoisotopic (exact) mass is 412 g/mol. The van der Waals surface area contributed by atoms with Crippen LogP contribution in [0.15, 0.2) is 30.6 Å². The van der Waals surface area contributed by atoms with E-state index in [4.69, 9.17) is 10.5 Å². The van der Waals surface area contributed by atoms with Gasteiger partial charge in [-0.25, -0.2) is 9.97 Å². The van der Waals surface area contributed by atoms with E-state index in [2.05, 4.69) is 36.8 Å². The molecule has 1 aromatic heterocycles. The first kappa shape index (κ1) is 20.1. The fourth-order valence-electron chi connectivity index (χ4n) is 4.19. The molecule has 0 aliphatic carbocycles. The van der Waals surface area contributed by atoms with Crippen LogP contribution in [0.2, 0.25) is 0 Å². The third-order valence-corrected chi connectivity index (χ3v) is 6.00. The van der Waals surface area contributed by atoms with E-state index in [1.807, 2.05) is 12.1 Å². The van der Waals surface area contributed by atoms with Gasteiger partial charge >= 0.3 is 5.97 Å². The zero-order valence-corrected chi connectivity index (χ0v) is 17.2. The Labute approximate surface area is 176 Å². The topological polar surface area (TPSA) is 108 Å². The SMILES string of the molecule is COc1ccc(N2CCN(c3ncnc(N4CCC(C(=O)O)CC4)c3N)CC2)cc1. The van der Waals surface area contributed by atoms with Crippen LogP contribution in [0, 0.1) is 5.92 Å². The van der Waals surface area contributed by atoms with Crippen molar-refractivity contribution in [2.75, 3.05) is 66.8 Å². The Bertz CT molecular complexity index is 875. The fourth-order valence-corrected chi connectivity index (χ4v) is 4.19. The molecule has 30 heavy (non-hydrogen) atoms. The second-order valence-electron chi connectivity index (χ2n) is 7.71. The number of piperidine rings is 1. The lowest BCUT2D eigenvalue weighted by atomic mass is 9.97. The molecule has 3 N–H and O–H groups in total. The molecule has 0 atom stereocenters. The summed E-state index contributed by atoms with van der Waals surface area (Å²) in [6, 6.07) is 8.10. The number of carbonyl (C=O) groups is 1. The molecule has 9 nitrogen and oxygen atoms in total. The first-order valence-electron chi connectivity index (χ1n) is 10.3. The predicted octanol–water partition coefficient (Wildman–Crippen LogP) is 1.70. The van der Waals surface area contributed by atoms with Crippen molar-refractivity contribution in [3.8, 4) is 5.75 Å². The zero-order valence-electron chi connectivity index (χ0n) is 17.2. The average Bonchev–Trinajstić information content (AvgIpc) is 2.79. The summed E-state index contributed by atoms with van der Waals surface area (Å²) in [6.45, 7) is 4.65. The van der Waals surface area contributed by atoms with Gasteiger partial charge in [0.2, 0.25) is 0 Å². The van der Waals surface area contributed by atoms with Gasteiger partial charge in [-0.1, -0.05) is 0 Å². The number of anilines is 4. The maximum atomic E-state index is 11.2. The Morgan fingerprint density at radius 2 is 1.50 bits per heavy atom. The molecule has 0 bridgehead atoms. The molecule has 3 heterocycles. The number of aliphatic carboxylic acids is 1. The van der Waals surface area contributed by atoms with E-state index in [1.54, 1.807) is 13.4 Å². The molecule has 0 saturated carbocycles. The number of nitrogens with zero attached hydrogens (tertiary/aromatic N) is 5. The van der Waals surface area contributed by atoms with Gasteiger partial charge in [0, 0.05) is 45.0 Å². The van der Waals surface area contributed by atoms with Crippen LogP contribution in [0.3, 0.4) is 0 Å². The molecule has 2 aromatic rings. The smallest absolute Gasteiger partial charge is 0.306 e. The molecular weight excluding hydrogens is 384 g/mol. The second-order valence-corrected chi connectivity index (χ2v) is 7.71. The van der Waals surface area contributed by atoms with Crippen LogP contribution in [-0.2, 0) is 4.79 Å². The number of hydrogen-bond donors (Lipinski definition) is 2. The summed E-state index contributed by atoms with van der Waals surface area (Å²) in [5.74, 6) is 1.32. The predicted molar refractivity (Wildman–Crippen MR) is 116 cm³/mol. The van der Waals surface area contributed by atoms with Gasteiger partial charge in [-0.3, -0.25) is 4.79 Å². The summed E-state index contributed by atoms with van der Waals surface area (Å²) >= 11 is 0. The molecular formula is C21H28N6O3. The number of carboxylic acids is 1. The fraction of sp³-hybridized carbons (Fsp3) is 0.476. The molecule has 1 aromatic carbocycles. The molecule has 2 aliphatic rings. The van der Waals surface area contributed by atoms with Crippen molar-refractivity contribution in [1.82, 2.24) is 9.97 Å². The number of methoxy groups -OCH3 is 1. The molecule has 2 fully saturated rings. The Kier molecular flexibility index (Phi) is 5.78. The van der Waals surface area contributed by atoms with Crippen LogP contribution in [0.5, 0.6) is 5.75 Å². The molecule has 0 amide bonds. The normalized spacial score (nSPS) is 17.8. The second kappa shape index (κ2) is 8.64. The van der Waals surface area contributed by atoms with Gasteiger partial charge in [-0.05, 0) is 37.1 Å². The van der Waals surface area contributed by atoms with Crippen molar-refractivity contribution < 1.29 is 14.6 Å². The molecule has 2 saturated heterocycles. The van der Waals surface area contributed by atoms with E-state index < -0.39 is 5.97 Å². The lowest BCUT2D eigenvalue weighted by molar-refractivity contribution is -0.142. The van der Waals surface area contributed by atoms with Gasteiger partial charge in [0.1, 0.15) is 17.8 Å². The minimum absolute atomic E-state index is 0.283. The number of nitrogen functional groups attached to an aromatic ring is 1. The van der Waals surface area contributed by atoms with Crippen molar-refractivity contribution in [3.63, 3.8) is 0 Å². The summed E-state index contributed by atoms with van der Waals surface area (Å²) < 4.78 is 5.24. The Morgan fingerprint density at radius 1 is 0.967 bits per heavy atom. The number of aromatic nitrogens is 2. The van der Waals surface area contributed by atoms with Crippen molar-refractivity contribution in [1.29, 1.82) is 0 Å². The molecule has 4 rings (SSSR count). The first-order chi connectivity index (χ1) is 14.6. The number of rotatable bonds is 5. The van der Waals surface area contributed by atoms with Crippen LogP contribution in [0.4, 0.5) is 23.0 Å². The third-order valence-electron chi connectivity index (χ3n) is 6.00. The highest BCUT2D eigenvalue weighted by Gasteiger charge is 2.28. The van der Waals surface area contributed by atoms with Crippen LogP contribution >= 0.6 is 0 Å². The zero-order chi connectivity index (χ0) is 21.1. The number of ether oxygens (including phenoxy) is 1. The Morgan fingerprint density at radius 3 is 2.03 bits per heavy atom. The van der Waals surface area contributed by atoms with E-state index in [-0.39, 0.29) is 5.92 Å². The summed E-state index contributed by atoms with van der Waals surface area (Å²) in [6.07, 6.45) is 2.77. The van der Waals surface area contributed by atoms with Crippen molar-refractivity contribution in [2.24, 2.45) is 5.92 Å². The molecule has 9 heteroatoms. The number of carboxylic acid groups (broad SMARTS) is 1. The quantitative estimate of drug-likeness (QED) is 0.758. The summed E-state index contributed by atoms with van der Waals surface area (Å²) in [5.41, 5.74) is 8.21. The van der Waals surface area contributed by atoms with Crippen molar-refractivity contribution in [2.45, 2.75) is 12.8 Å². The number of nitrogens with two attached hydrogens (primary N) is 1. The van der Waals surface area contributed by atoms with Gasteiger partial charge in [0.25, 0.3) is 0 Å². The van der Waals surface area contributed by atoms with E-state index >= 15 is 0 Å². The van der Waals surface area contributed by atoms with Crippen molar-refractivity contribution >= 4 is 29.0 Å². The third kappa shape index (κ3) is 4.05. The maximum absolute atomic E-state index is 11.2. The lowest BCUT2D eigenvalue weighted by Crippen LogP contribution is -2.47. The Hall–Kier alpha value is -3.23. The lowest BCUT2D eigenvalue weighted by Gasteiger charge is -2.38. The van der Waals surface area contributed by atoms with Gasteiger partial charge < -0.3 is 30.3 Å². The number of hydrogen-bond acceptors (Lipinski definition) is 8. The van der Waals surface area contributed by atoms with E-state index in [1.165, 1.54) is 5.69 Å². The van der Waals surface area contributed by atoms with E-state index in [0.717, 1.165) is 37.7 Å². The molecule has 160 valence electrons. The standard InChI is InChI=1S/C21H28N6O3/c1-30-17-4-2-16(3-5-17)25-10-12-27(13-11-25)20-18(22)19(23-14-24-20)26-8-6-15(7-9-26)21(28)29/h2-5,14-15H,6-13,22H2,1H3,(H,28,29). The average molecular weight is 412 g/mol. The van der Waals surface area contributed by atoms with Crippen LogP contribution in [0.1, 0.15) is 12.8 Å².